The molecule has 1 aliphatic rings. The number of rotatable bonds is 7. The van der Waals surface area contributed by atoms with Gasteiger partial charge in [0.2, 0.25) is 0 Å². The lowest BCUT2D eigenvalue weighted by Gasteiger charge is -2.26. The van der Waals surface area contributed by atoms with E-state index in [1.165, 1.54) is 24.1 Å². The summed E-state index contributed by atoms with van der Waals surface area (Å²) >= 11 is 0. The van der Waals surface area contributed by atoms with E-state index < -0.39 is 23.5 Å². The van der Waals surface area contributed by atoms with Gasteiger partial charge >= 0.3 is 0 Å². The van der Waals surface area contributed by atoms with E-state index in [0.29, 0.717) is 18.7 Å². The minimum absolute atomic E-state index is 0.0310. The Labute approximate surface area is 175 Å². The van der Waals surface area contributed by atoms with Gasteiger partial charge in [0, 0.05) is 12.6 Å². The molecular weight excluding hydrogens is 384 g/mol. The topological polar surface area (TPSA) is 90.3 Å². The molecule has 1 heterocycles. The molecule has 2 aromatic carbocycles. The van der Waals surface area contributed by atoms with E-state index in [1.54, 1.807) is 6.07 Å². The normalized spacial score (nSPS) is 18.3. The summed E-state index contributed by atoms with van der Waals surface area (Å²) in [5.74, 6) is -1.65. The summed E-state index contributed by atoms with van der Waals surface area (Å²) in [4.78, 5) is 29.2. The van der Waals surface area contributed by atoms with Gasteiger partial charge in [-0.25, -0.2) is 0 Å². The van der Waals surface area contributed by atoms with Crippen LogP contribution in [-0.4, -0.2) is 66.0 Å². The van der Waals surface area contributed by atoms with Crippen molar-refractivity contribution in [2.75, 3.05) is 34.3 Å². The van der Waals surface area contributed by atoms with Gasteiger partial charge in [0.05, 0.1) is 24.3 Å². The molecule has 1 saturated heterocycles. The number of amides is 1. The van der Waals surface area contributed by atoms with Gasteiger partial charge in [-0.15, -0.1) is 0 Å². The standard InChI is InChI=1S/C23H26N2O5/c1-24(2)12-7-13-25-20(15-8-5-4-6-9-15)19(22(28)23(25)29)21(27)17-11-10-16(30-3)14-18(17)26/h4-6,8-11,14,20,26-27H,7,12-13H2,1-3H3/b21-19+. The highest BCUT2D eigenvalue weighted by atomic mass is 16.5. The van der Waals surface area contributed by atoms with Crippen LogP contribution in [0.3, 0.4) is 0 Å². The average Bonchev–Trinajstić information content (AvgIpc) is 2.98. The second-order valence-electron chi connectivity index (χ2n) is 7.44. The molecule has 1 aliphatic heterocycles. The fraction of sp³-hybridized carbons (Fsp3) is 0.304. The number of carbonyl (C=O) groups is 2. The Balaban J connectivity index is 2.09. The molecule has 3 rings (SSSR count). The van der Waals surface area contributed by atoms with E-state index in [1.807, 2.05) is 49.3 Å². The number of aliphatic hydroxyl groups excluding tert-OH is 1. The van der Waals surface area contributed by atoms with Crippen LogP contribution in [0.25, 0.3) is 5.76 Å². The van der Waals surface area contributed by atoms with Gasteiger partial charge in [0.1, 0.15) is 17.3 Å². The van der Waals surface area contributed by atoms with Crippen LogP contribution in [0.5, 0.6) is 11.5 Å². The average molecular weight is 410 g/mol. The number of hydrogen-bond acceptors (Lipinski definition) is 6. The molecule has 0 aliphatic carbocycles. The molecule has 1 unspecified atom stereocenters. The maximum Gasteiger partial charge on any atom is 0.295 e. The van der Waals surface area contributed by atoms with Gasteiger partial charge in [0.25, 0.3) is 11.7 Å². The number of hydrogen-bond donors (Lipinski definition) is 2. The first-order valence-electron chi connectivity index (χ1n) is 9.70. The minimum Gasteiger partial charge on any atom is -0.507 e. The van der Waals surface area contributed by atoms with Gasteiger partial charge in [-0.2, -0.15) is 0 Å². The van der Waals surface area contributed by atoms with Crippen molar-refractivity contribution in [2.45, 2.75) is 12.5 Å². The van der Waals surface area contributed by atoms with Crippen molar-refractivity contribution in [1.29, 1.82) is 0 Å². The lowest BCUT2D eigenvalue weighted by atomic mass is 9.95. The van der Waals surface area contributed by atoms with Crippen molar-refractivity contribution < 1.29 is 24.5 Å². The molecule has 1 amide bonds. The van der Waals surface area contributed by atoms with Crippen molar-refractivity contribution in [2.24, 2.45) is 0 Å². The van der Waals surface area contributed by atoms with Crippen molar-refractivity contribution in [1.82, 2.24) is 9.80 Å². The van der Waals surface area contributed by atoms with E-state index in [2.05, 4.69) is 0 Å². The highest BCUT2D eigenvalue weighted by Gasteiger charge is 2.45. The number of ketones is 1. The lowest BCUT2D eigenvalue weighted by molar-refractivity contribution is -0.139. The van der Waals surface area contributed by atoms with Crippen LogP contribution in [0.1, 0.15) is 23.6 Å². The van der Waals surface area contributed by atoms with Crippen LogP contribution in [0.4, 0.5) is 0 Å². The van der Waals surface area contributed by atoms with Gasteiger partial charge < -0.3 is 24.7 Å². The SMILES string of the molecule is COc1ccc(/C(O)=C2\C(=O)C(=O)N(CCCN(C)C)C2c2ccccc2)c(O)c1. The number of likely N-dealkylation sites (tertiary alicyclic amines) is 1. The molecule has 0 bridgehead atoms. The summed E-state index contributed by atoms with van der Waals surface area (Å²) in [6.45, 7) is 1.12. The Morgan fingerprint density at radius 3 is 2.43 bits per heavy atom. The van der Waals surface area contributed by atoms with E-state index >= 15 is 0 Å². The number of aromatic hydroxyl groups is 1. The quantitative estimate of drug-likeness (QED) is 0.414. The molecule has 7 heteroatoms. The summed E-state index contributed by atoms with van der Waals surface area (Å²) in [5, 5.41) is 21.3. The molecule has 0 radical (unpaired) electrons. The number of ether oxygens (including phenoxy) is 1. The Morgan fingerprint density at radius 2 is 1.83 bits per heavy atom. The second kappa shape index (κ2) is 9.00. The molecule has 7 nitrogen and oxygen atoms in total. The van der Waals surface area contributed by atoms with Crippen molar-refractivity contribution in [3.8, 4) is 11.5 Å². The molecular formula is C23H26N2O5. The van der Waals surface area contributed by atoms with E-state index in [0.717, 1.165) is 12.1 Å². The van der Waals surface area contributed by atoms with Crippen LogP contribution < -0.4 is 4.74 Å². The van der Waals surface area contributed by atoms with E-state index in [9.17, 15) is 19.8 Å². The summed E-state index contributed by atoms with van der Waals surface area (Å²) in [7, 11) is 5.34. The van der Waals surface area contributed by atoms with Crippen LogP contribution in [0.15, 0.2) is 54.1 Å². The first-order chi connectivity index (χ1) is 14.3. The molecule has 0 spiro atoms. The van der Waals surface area contributed by atoms with Crippen molar-refractivity contribution in [3.63, 3.8) is 0 Å². The zero-order valence-electron chi connectivity index (χ0n) is 17.3. The molecule has 1 fully saturated rings. The number of methoxy groups -OCH3 is 1. The Hall–Kier alpha value is -3.32. The molecule has 0 aromatic heterocycles. The van der Waals surface area contributed by atoms with Gasteiger partial charge in [-0.1, -0.05) is 30.3 Å². The summed E-state index contributed by atoms with van der Waals surface area (Å²) in [5.41, 5.74) is 0.760. The van der Waals surface area contributed by atoms with Crippen LogP contribution in [0.2, 0.25) is 0 Å². The minimum atomic E-state index is -0.763. The fourth-order valence-electron chi connectivity index (χ4n) is 3.63. The predicted molar refractivity (Wildman–Crippen MR) is 113 cm³/mol. The molecule has 0 saturated carbocycles. The maximum absolute atomic E-state index is 12.9. The highest BCUT2D eigenvalue weighted by molar-refractivity contribution is 6.46. The zero-order valence-corrected chi connectivity index (χ0v) is 17.3. The molecule has 30 heavy (non-hydrogen) atoms. The number of carbonyl (C=O) groups excluding carboxylic acids is 2. The Bertz CT molecular complexity index is 969. The van der Waals surface area contributed by atoms with E-state index in [-0.39, 0.29) is 16.9 Å². The third-order valence-electron chi connectivity index (χ3n) is 5.12. The second-order valence-corrected chi connectivity index (χ2v) is 7.44. The number of phenolic OH excluding ortho intramolecular Hbond substituents is 1. The van der Waals surface area contributed by atoms with E-state index in [4.69, 9.17) is 4.74 Å². The number of aliphatic hydroxyl groups is 1. The molecule has 1 atom stereocenters. The largest absolute Gasteiger partial charge is 0.507 e. The highest BCUT2D eigenvalue weighted by Crippen LogP contribution is 2.41. The van der Waals surface area contributed by atoms with Gasteiger partial charge in [0.15, 0.2) is 0 Å². The first-order valence-corrected chi connectivity index (χ1v) is 9.70. The number of benzene rings is 2. The fourth-order valence-corrected chi connectivity index (χ4v) is 3.63. The number of phenols is 1. The smallest absolute Gasteiger partial charge is 0.295 e. The predicted octanol–water partition coefficient (Wildman–Crippen LogP) is 2.77. The monoisotopic (exact) mass is 410 g/mol. The Kier molecular flexibility index (Phi) is 6.42. The van der Waals surface area contributed by atoms with Crippen molar-refractivity contribution >= 4 is 17.4 Å². The number of Topliss-reactive ketones (excluding diaryl/α,β-unsaturated/α-hetero) is 1. The third kappa shape index (κ3) is 4.16. The Morgan fingerprint density at radius 1 is 1.13 bits per heavy atom. The summed E-state index contributed by atoms with van der Waals surface area (Å²) in [6.07, 6.45) is 0.678. The zero-order chi connectivity index (χ0) is 21.8. The summed E-state index contributed by atoms with van der Waals surface area (Å²) in [6, 6.07) is 12.8. The molecule has 2 N–H and O–H groups in total. The van der Waals surface area contributed by atoms with Gasteiger partial charge in [-0.05, 0) is 44.8 Å². The van der Waals surface area contributed by atoms with Crippen LogP contribution in [0, 0.1) is 0 Å². The van der Waals surface area contributed by atoms with Crippen molar-refractivity contribution in [3.05, 3.63) is 65.2 Å². The van der Waals surface area contributed by atoms with Crippen LogP contribution >= 0.6 is 0 Å². The summed E-state index contributed by atoms with van der Waals surface area (Å²) < 4.78 is 5.07. The van der Waals surface area contributed by atoms with Crippen LogP contribution in [-0.2, 0) is 9.59 Å². The third-order valence-corrected chi connectivity index (χ3v) is 5.12. The number of nitrogens with zero attached hydrogens (tertiary/aromatic N) is 2. The molecule has 2 aromatic rings. The lowest BCUT2D eigenvalue weighted by Crippen LogP contribution is -2.32. The maximum atomic E-state index is 12.9. The van der Waals surface area contributed by atoms with Gasteiger partial charge in [-0.3, -0.25) is 9.59 Å². The first kappa shape index (κ1) is 21.4. The molecule has 158 valence electrons.